The zero-order valence-corrected chi connectivity index (χ0v) is 10.2. The maximum atomic E-state index is 5.13. The Morgan fingerprint density at radius 1 is 1.29 bits per heavy atom. The summed E-state index contributed by atoms with van der Waals surface area (Å²) in [5, 5.41) is 3.23. The van der Waals surface area contributed by atoms with Gasteiger partial charge in [0, 0.05) is 0 Å². The summed E-state index contributed by atoms with van der Waals surface area (Å²) < 4.78 is 5.13. The van der Waals surface area contributed by atoms with Crippen molar-refractivity contribution in [3.05, 3.63) is 36.3 Å². The highest BCUT2D eigenvalue weighted by Crippen LogP contribution is 2.20. The SMILES string of the molecule is CCNCc1ncc(-c2ccc(OC)cc2)[nH]1. The molecule has 0 fully saturated rings. The van der Waals surface area contributed by atoms with Crippen LogP contribution in [0.15, 0.2) is 30.5 Å². The quantitative estimate of drug-likeness (QED) is 0.829. The van der Waals surface area contributed by atoms with Gasteiger partial charge in [-0.25, -0.2) is 4.98 Å². The van der Waals surface area contributed by atoms with Crippen molar-refractivity contribution in [3.8, 4) is 17.0 Å². The number of benzene rings is 1. The van der Waals surface area contributed by atoms with E-state index in [9.17, 15) is 0 Å². The van der Waals surface area contributed by atoms with E-state index in [1.807, 2.05) is 30.5 Å². The normalized spacial score (nSPS) is 10.5. The number of aromatic nitrogens is 2. The number of H-pyrrole nitrogens is 1. The zero-order valence-electron chi connectivity index (χ0n) is 10.2. The molecule has 0 atom stereocenters. The summed E-state index contributed by atoms with van der Waals surface area (Å²) in [6, 6.07) is 7.92. The van der Waals surface area contributed by atoms with Gasteiger partial charge in [-0.3, -0.25) is 0 Å². The number of nitrogens with zero attached hydrogens (tertiary/aromatic N) is 1. The van der Waals surface area contributed by atoms with Gasteiger partial charge in [0.05, 0.1) is 25.5 Å². The van der Waals surface area contributed by atoms with Gasteiger partial charge >= 0.3 is 0 Å². The summed E-state index contributed by atoms with van der Waals surface area (Å²) in [4.78, 5) is 7.61. The van der Waals surface area contributed by atoms with E-state index in [4.69, 9.17) is 4.74 Å². The van der Waals surface area contributed by atoms with Gasteiger partial charge in [-0.05, 0) is 36.4 Å². The average molecular weight is 231 g/mol. The minimum atomic E-state index is 0.770. The number of rotatable bonds is 5. The second-order valence-corrected chi connectivity index (χ2v) is 3.75. The van der Waals surface area contributed by atoms with Crippen molar-refractivity contribution < 1.29 is 4.74 Å². The molecule has 4 heteroatoms. The van der Waals surface area contributed by atoms with E-state index in [-0.39, 0.29) is 0 Å². The number of nitrogens with one attached hydrogen (secondary N) is 2. The van der Waals surface area contributed by atoms with E-state index >= 15 is 0 Å². The predicted octanol–water partition coefficient (Wildman–Crippen LogP) is 2.19. The lowest BCUT2D eigenvalue weighted by molar-refractivity contribution is 0.415. The summed E-state index contributed by atoms with van der Waals surface area (Å²) in [6.07, 6.45) is 1.86. The average Bonchev–Trinajstić information content (AvgIpc) is 2.85. The number of methoxy groups -OCH3 is 1. The number of imidazole rings is 1. The molecular formula is C13H17N3O. The first kappa shape index (κ1) is 11.7. The molecule has 0 saturated carbocycles. The molecule has 0 aliphatic heterocycles. The van der Waals surface area contributed by atoms with Crippen LogP contribution in [0.1, 0.15) is 12.7 Å². The fraction of sp³-hybridized carbons (Fsp3) is 0.308. The summed E-state index contributed by atoms with van der Waals surface area (Å²) >= 11 is 0. The molecule has 2 rings (SSSR count). The molecule has 0 spiro atoms. The van der Waals surface area contributed by atoms with Crippen LogP contribution in [0.2, 0.25) is 0 Å². The van der Waals surface area contributed by atoms with Gasteiger partial charge < -0.3 is 15.0 Å². The number of hydrogen-bond acceptors (Lipinski definition) is 3. The molecule has 17 heavy (non-hydrogen) atoms. The summed E-state index contributed by atoms with van der Waals surface area (Å²) in [6.45, 7) is 3.79. The number of ether oxygens (including phenoxy) is 1. The van der Waals surface area contributed by atoms with Gasteiger partial charge in [0.15, 0.2) is 0 Å². The molecule has 0 unspecified atom stereocenters. The van der Waals surface area contributed by atoms with Gasteiger partial charge in [-0.1, -0.05) is 6.92 Å². The molecular weight excluding hydrogens is 214 g/mol. The minimum Gasteiger partial charge on any atom is -0.497 e. The third kappa shape index (κ3) is 2.85. The Labute approximate surface area is 101 Å². The van der Waals surface area contributed by atoms with Crippen molar-refractivity contribution in [2.24, 2.45) is 0 Å². The van der Waals surface area contributed by atoms with Crippen molar-refractivity contribution in [2.45, 2.75) is 13.5 Å². The Bertz CT molecular complexity index is 462. The van der Waals surface area contributed by atoms with Crippen molar-refractivity contribution in [2.75, 3.05) is 13.7 Å². The summed E-state index contributed by atoms with van der Waals surface area (Å²) in [5.74, 6) is 1.82. The Morgan fingerprint density at radius 3 is 2.71 bits per heavy atom. The van der Waals surface area contributed by atoms with Crippen LogP contribution in [-0.2, 0) is 6.54 Å². The van der Waals surface area contributed by atoms with E-state index in [0.717, 1.165) is 35.9 Å². The fourth-order valence-corrected chi connectivity index (χ4v) is 1.61. The minimum absolute atomic E-state index is 0.770. The van der Waals surface area contributed by atoms with E-state index < -0.39 is 0 Å². The molecule has 0 aliphatic rings. The summed E-state index contributed by atoms with van der Waals surface area (Å²) in [7, 11) is 1.67. The van der Waals surface area contributed by atoms with Gasteiger partial charge in [0.1, 0.15) is 11.6 Å². The molecule has 2 aromatic rings. The van der Waals surface area contributed by atoms with Gasteiger partial charge in [0.2, 0.25) is 0 Å². The van der Waals surface area contributed by atoms with Crippen LogP contribution in [0, 0.1) is 0 Å². The first-order valence-corrected chi connectivity index (χ1v) is 5.72. The highest BCUT2D eigenvalue weighted by molar-refractivity contribution is 5.59. The second-order valence-electron chi connectivity index (χ2n) is 3.75. The van der Waals surface area contributed by atoms with Crippen LogP contribution in [0.5, 0.6) is 5.75 Å². The van der Waals surface area contributed by atoms with Crippen LogP contribution >= 0.6 is 0 Å². The van der Waals surface area contributed by atoms with E-state index in [0.29, 0.717) is 0 Å². The maximum absolute atomic E-state index is 5.13. The van der Waals surface area contributed by atoms with Gasteiger partial charge in [-0.15, -0.1) is 0 Å². The molecule has 1 heterocycles. The Balaban J connectivity index is 2.12. The second kappa shape index (κ2) is 5.50. The third-order valence-corrected chi connectivity index (χ3v) is 2.57. The number of hydrogen-bond donors (Lipinski definition) is 2. The van der Waals surface area contributed by atoms with Crippen molar-refractivity contribution in [1.29, 1.82) is 0 Å². The zero-order chi connectivity index (χ0) is 12.1. The van der Waals surface area contributed by atoms with Gasteiger partial charge in [0.25, 0.3) is 0 Å². The Hall–Kier alpha value is -1.81. The lowest BCUT2D eigenvalue weighted by atomic mass is 10.2. The molecule has 0 radical (unpaired) electrons. The van der Waals surface area contributed by atoms with E-state index in [1.165, 1.54) is 0 Å². The van der Waals surface area contributed by atoms with Crippen molar-refractivity contribution in [1.82, 2.24) is 15.3 Å². The van der Waals surface area contributed by atoms with E-state index in [1.54, 1.807) is 7.11 Å². The first-order chi connectivity index (χ1) is 8.33. The van der Waals surface area contributed by atoms with Gasteiger partial charge in [-0.2, -0.15) is 0 Å². The summed E-state index contributed by atoms with van der Waals surface area (Å²) in [5.41, 5.74) is 2.14. The Kier molecular flexibility index (Phi) is 3.77. The van der Waals surface area contributed by atoms with Crippen LogP contribution < -0.4 is 10.1 Å². The molecule has 4 nitrogen and oxygen atoms in total. The molecule has 0 bridgehead atoms. The lowest BCUT2D eigenvalue weighted by Crippen LogP contribution is -2.12. The number of aromatic amines is 1. The topological polar surface area (TPSA) is 49.9 Å². The molecule has 0 amide bonds. The van der Waals surface area contributed by atoms with Crippen LogP contribution in [0.4, 0.5) is 0 Å². The molecule has 0 aliphatic carbocycles. The molecule has 0 saturated heterocycles. The largest absolute Gasteiger partial charge is 0.497 e. The van der Waals surface area contributed by atoms with E-state index in [2.05, 4.69) is 22.2 Å². The maximum Gasteiger partial charge on any atom is 0.120 e. The lowest BCUT2D eigenvalue weighted by Gasteiger charge is -2.01. The highest BCUT2D eigenvalue weighted by atomic mass is 16.5. The standard InChI is InChI=1S/C13H17N3O/c1-3-14-9-13-15-8-12(16-13)10-4-6-11(17-2)7-5-10/h4-8,14H,3,9H2,1-2H3,(H,15,16). The fourth-order valence-electron chi connectivity index (χ4n) is 1.61. The molecule has 90 valence electrons. The molecule has 1 aromatic heterocycles. The van der Waals surface area contributed by atoms with Crippen LogP contribution in [0.25, 0.3) is 11.3 Å². The third-order valence-electron chi connectivity index (χ3n) is 2.57. The Morgan fingerprint density at radius 2 is 2.06 bits per heavy atom. The molecule has 2 N–H and O–H groups in total. The van der Waals surface area contributed by atoms with Crippen LogP contribution in [0.3, 0.4) is 0 Å². The van der Waals surface area contributed by atoms with Crippen molar-refractivity contribution >= 4 is 0 Å². The highest BCUT2D eigenvalue weighted by Gasteiger charge is 2.02. The first-order valence-electron chi connectivity index (χ1n) is 5.72. The predicted molar refractivity (Wildman–Crippen MR) is 68.0 cm³/mol. The monoisotopic (exact) mass is 231 g/mol. The molecule has 1 aromatic carbocycles. The smallest absolute Gasteiger partial charge is 0.120 e. The van der Waals surface area contributed by atoms with Crippen LogP contribution in [-0.4, -0.2) is 23.6 Å². The van der Waals surface area contributed by atoms with Crippen molar-refractivity contribution in [3.63, 3.8) is 0 Å².